The zero-order valence-corrected chi connectivity index (χ0v) is 12.2. The summed E-state index contributed by atoms with van der Waals surface area (Å²) in [5.74, 6) is 0.996. The lowest BCUT2D eigenvalue weighted by molar-refractivity contribution is 0.0461. The molecule has 0 aliphatic rings. The van der Waals surface area contributed by atoms with Crippen molar-refractivity contribution < 1.29 is 23.0 Å². The van der Waals surface area contributed by atoms with Crippen molar-refractivity contribution in [3.05, 3.63) is 47.2 Å². The Morgan fingerprint density at radius 2 is 2.14 bits per heavy atom. The minimum Gasteiger partial charge on any atom is -0.461 e. The van der Waals surface area contributed by atoms with Crippen LogP contribution in [0.3, 0.4) is 0 Å². The predicted molar refractivity (Wildman–Crippen MR) is 73.9 cm³/mol. The minimum atomic E-state index is -0.488. The number of furan rings is 1. The maximum atomic E-state index is 12.1. The first-order valence-corrected chi connectivity index (χ1v) is 6.80. The molecule has 7 heteroatoms. The Kier molecular flexibility index (Phi) is 3.78. The molecule has 3 rings (SSSR count). The SMILES string of the molecule is CCc1noc(C)c1C(=O)OCc1cc(-c2ccco2)on1. The molecular formula is C15H14N2O5. The molecule has 0 amide bonds. The summed E-state index contributed by atoms with van der Waals surface area (Å²) in [6.07, 6.45) is 2.13. The number of aryl methyl sites for hydroxylation is 2. The Hall–Kier alpha value is -2.83. The van der Waals surface area contributed by atoms with E-state index in [1.54, 1.807) is 31.4 Å². The van der Waals surface area contributed by atoms with Gasteiger partial charge >= 0.3 is 5.97 Å². The third-order valence-electron chi connectivity index (χ3n) is 3.15. The zero-order valence-electron chi connectivity index (χ0n) is 12.2. The smallest absolute Gasteiger partial charge is 0.344 e. The summed E-state index contributed by atoms with van der Waals surface area (Å²) in [7, 11) is 0. The average Bonchev–Trinajstić information content (AvgIpc) is 3.24. The van der Waals surface area contributed by atoms with Crippen LogP contribution in [0, 0.1) is 6.92 Å². The van der Waals surface area contributed by atoms with Gasteiger partial charge in [0.25, 0.3) is 0 Å². The van der Waals surface area contributed by atoms with Crippen LogP contribution in [0.5, 0.6) is 0 Å². The van der Waals surface area contributed by atoms with Crippen LogP contribution in [-0.4, -0.2) is 16.3 Å². The fraction of sp³-hybridized carbons (Fsp3) is 0.267. The number of nitrogens with zero attached hydrogens (tertiary/aromatic N) is 2. The first-order chi connectivity index (χ1) is 10.7. The first kappa shape index (κ1) is 14.1. The van der Waals surface area contributed by atoms with Crippen LogP contribution in [0.2, 0.25) is 0 Å². The number of carbonyl (C=O) groups excluding carboxylic acids is 1. The van der Waals surface area contributed by atoms with E-state index in [4.69, 9.17) is 18.2 Å². The molecule has 22 heavy (non-hydrogen) atoms. The third kappa shape index (κ3) is 2.65. The number of hydrogen-bond acceptors (Lipinski definition) is 7. The lowest BCUT2D eigenvalue weighted by Crippen LogP contribution is -2.08. The summed E-state index contributed by atoms with van der Waals surface area (Å²) in [4.78, 5) is 12.1. The highest BCUT2D eigenvalue weighted by Crippen LogP contribution is 2.21. The number of carbonyl (C=O) groups is 1. The standard InChI is InChI=1S/C15H14N2O5/c1-3-11-14(9(2)21-17-11)15(18)20-8-10-7-13(22-16-10)12-5-4-6-19-12/h4-7H,3,8H2,1-2H3. The second kappa shape index (κ2) is 5.88. The maximum absolute atomic E-state index is 12.1. The minimum absolute atomic E-state index is 0.00316. The van der Waals surface area contributed by atoms with Crippen molar-refractivity contribution in [1.29, 1.82) is 0 Å². The molecule has 0 atom stereocenters. The summed E-state index contributed by atoms with van der Waals surface area (Å²) >= 11 is 0. The van der Waals surface area contributed by atoms with Crippen LogP contribution < -0.4 is 0 Å². The van der Waals surface area contributed by atoms with Gasteiger partial charge in [0.05, 0.1) is 12.0 Å². The van der Waals surface area contributed by atoms with Gasteiger partial charge in [-0.1, -0.05) is 17.2 Å². The largest absolute Gasteiger partial charge is 0.461 e. The highest BCUT2D eigenvalue weighted by atomic mass is 16.5. The number of ether oxygens (including phenoxy) is 1. The van der Waals surface area contributed by atoms with Gasteiger partial charge in [-0.3, -0.25) is 0 Å². The van der Waals surface area contributed by atoms with E-state index in [0.717, 1.165) is 0 Å². The molecule has 3 aromatic rings. The maximum Gasteiger partial charge on any atom is 0.344 e. The molecule has 0 aliphatic heterocycles. The molecule has 0 spiro atoms. The molecular weight excluding hydrogens is 288 g/mol. The van der Waals surface area contributed by atoms with Crippen molar-refractivity contribution in [2.45, 2.75) is 26.9 Å². The van der Waals surface area contributed by atoms with E-state index in [0.29, 0.717) is 40.7 Å². The van der Waals surface area contributed by atoms with Gasteiger partial charge in [0.15, 0.2) is 5.76 Å². The van der Waals surface area contributed by atoms with Gasteiger partial charge in [-0.25, -0.2) is 4.79 Å². The van der Waals surface area contributed by atoms with Crippen molar-refractivity contribution in [3.63, 3.8) is 0 Å². The number of rotatable bonds is 5. The van der Waals surface area contributed by atoms with Crippen molar-refractivity contribution in [3.8, 4) is 11.5 Å². The molecule has 0 aromatic carbocycles. The zero-order chi connectivity index (χ0) is 15.5. The molecule has 0 saturated carbocycles. The van der Waals surface area contributed by atoms with Gasteiger partial charge in [0, 0.05) is 6.07 Å². The monoisotopic (exact) mass is 302 g/mol. The van der Waals surface area contributed by atoms with Crippen molar-refractivity contribution in [2.24, 2.45) is 0 Å². The van der Waals surface area contributed by atoms with Crippen LogP contribution in [0.15, 0.2) is 37.9 Å². The molecule has 114 valence electrons. The molecule has 0 unspecified atom stereocenters. The highest BCUT2D eigenvalue weighted by molar-refractivity contribution is 5.91. The van der Waals surface area contributed by atoms with Crippen LogP contribution in [0.4, 0.5) is 0 Å². The predicted octanol–water partition coefficient (Wildman–Crippen LogP) is 3.15. The molecule has 3 heterocycles. The lowest BCUT2D eigenvalue weighted by Gasteiger charge is -2.01. The summed E-state index contributed by atoms with van der Waals surface area (Å²) < 4.78 is 20.6. The molecule has 0 fully saturated rings. The van der Waals surface area contributed by atoms with E-state index < -0.39 is 5.97 Å². The van der Waals surface area contributed by atoms with E-state index in [-0.39, 0.29) is 6.61 Å². The summed E-state index contributed by atoms with van der Waals surface area (Å²) in [6.45, 7) is 3.56. The van der Waals surface area contributed by atoms with E-state index in [9.17, 15) is 4.79 Å². The van der Waals surface area contributed by atoms with Gasteiger partial charge < -0.3 is 18.2 Å². The van der Waals surface area contributed by atoms with Crippen LogP contribution in [0.25, 0.3) is 11.5 Å². The lowest BCUT2D eigenvalue weighted by atomic mass is 10.1. The fourth-order valence-corrected chi connectivity index (χ4v) is 2.05. The Labute approximate surface area is 125 Å². The number of esters is 1. The molecule has 0 saturated heterocycles. The topological polar surface area (TPSA) is 91.5 Å². The molecule has 0 aliphatic carbocycles. The van der Waals surface area contributed by atoms with Gasteiger partial charge in [-0.2, -0.15) is 0 Å². The number of hydrogen-bond donors (Lipinski definition) is 0. The van der Waals surface area contributed by atoms with Gasteiger partial charge in [0.1, 0.15) is 23.6 Å². The van der Waals surface area contributed by atoms with Crippen molar-refractivity contribution in [2.75, 3.05) is 0 Å². The van der Waals surface area contributed by atoms with Crippen LogP contribution in [0.1, 0.15) is 34.4 Å². The summed E-state index contributed by atoms with van der Waals surface area (Å²) in [5, 5.41) is 7.66. The van der Waals surface area contributed by atoms with Gasteiger partial charge in [-0.05, 0) is 25.5 Å². The summed E-state index contributed by atoms with van der Waals surface area (Å²) in [6, 6.07) is 5.16. The third-order valence-corrected chi connectivity index (χ3v) is 3.15. The fourth-order valence-electron chi connectivity index (χ4n) is 2.05. The Morgan fingerprint density at radius 3 is 2.86 bits per heavy atom. The average molecular weight is 302 g/mol. The van der Waals surface area contributed by atoms with Crippen LogP contribution in [-0.2, 0) is 17.8 Å². The van der Waals surface area contributed by atoms with Crippen LogP contribution >= 0.6 is 0 Å². The van der Waals surface area contributed by atoms with Crippen molar-refractivity contribution in [1.82, 2.24) is 10.3 Å². The second-order valence-electron chi connectivity index (χ2n) is 4.65. The van der Waals surface area contributed by atoms with Gasteiger partial charge in [0.2, 0.25) is 5.76 Å². The Balaban J connectivity index is 1.68. The Bertz CT molecular complexity index is 770. The van der Waals surface area contributed by atoms with E-state index >= 15 is 0 Å². The first-order valence-electron chi connectivity index (χ1n) is 6.80. The normalized spacial score (nSPS) is 10.8. The van der Waals surface area contributed by atoms with E-state index in [1.807, 2.05) is 6.92 Å². The quantitative estimate of drug-likeness (QED) is 0.668. The Morgan fingerprint density at radius 1 is 1.27 bits per heavy atom. The van der Waals surface area contributed by atoms with E-state index in [1.165, 1.54) is 0 Å². The summed E-state index contributed by atoms with van der Waals surface area (Å²) in [5.41, 5.74) is 1.45. The molecule has 0 bridgehead atoms. The molecule has 3 aromatic heterocycles. The molecule has 0 radical (unpaired) electrons. The molecule has 7 nitrogen and oxygen atoms in total. The van der Waals surface area contributed by atoms with Gasteiger partial charge in [-0.15, -0.1) is 0 Å². The van der Waals surface area contributed by atoms with Crippen molar-refractivity contribution >= 4 is 5.97 Å². The molecule has 0 N–H and O–H groups in total. The number of aromatic nitrogens is 2. The van der Waals surface area contributed by atoms with E-state index in [2.05, 4.69) is 10.3 Å². The highest BCUT2D eigenvalue weighted by Gasteiger charge is 2.21. The second-order valence-corrected chi connectivity index (χ2v) is 4.65.